The second-order valence-electron chi connectivity index (χ2n) is 10.8. The van der Waals surface area contributed by atoms with Gasteiger partial charge in [-0.1, -0.05) is 18.7 Å². The van der Waals surface area contributed by atoms with Gasteiger partial charge in [-0.3, -0.25) is 14.5 Å². The van der Waals surface area contributed by atoms with Crippen molar-refractivity contribution in [2.24, 2.45) is 0 Å². The fourth-order valence-electron chi connectivity index (χ4n) is 4.41. The number of fused-ring (bicyclic) bond motifs is 1. The van der Waals surface area contributed by atoms with Crippen molar-refractivity contribution in [2.75, 3.05) is 36.8 Å². The van der Waals surface area contributed by atoms with E-state index in [1.54, 1.807) is 32.9 Å². The van der Waals surface area contributed by atoms with Gasteiger partial charge in [0, 0.05) is 13.1 Å². The maximum atomic E-state index is 15.4. The summed E-state index contributed by atoms with van der Waals surface area (Å²) in [6, 6.07) is 7.69. The number of amides is 2. The molecule has 4 rings (SSSR count). The highest BCUT2D eigenvalue weighted by atomic mass is 19.1. The molecule has 0 saturated heterocycles. The molecule has 2 aromatic heterocycles. The molecule has 0 saturated carbocycles. The molecule has 2 heterocycles. The van der Waals surface area contributed by atoms with Gasteiger partial charge >= 0.3 is 6.09 Å². The number of aromatic nitrogens is 1. The van der Waals surface area contributed by atoms with Crippen LogP contribution in [0.1, 0.15) is 42.5 Å². The van der Waals surface area contributed by atoms with E-state index in [0.29, 0.717) is 11.4 Å². The van der Waals surface area contributed by atoms with Crippen LogP contribution < -0.4 is 25.0 Å². The third-order valence-corrected chi connectivity index (χ3v) is 6.53. The molecule has 11 nitrogen and oxygen atoms in total. The van der Waals surface area contributed by atoms with E-state index in [4.69, 9.17) is 18.6 Å². The number of ketones is 1. The summed E-state index contributed by atoms with van der Waals surface area (Å²) in [7, 11) is 3.62. The Hall–Kier alpha value is -5.46. The molecule has 4 aromatic rings. The molecule has 2 amide bonds. The van der Waals surface area contributed by atoms with Gasteiger partial charge in [0.15, 0.2) is 34.5 Å². The van der Waals surface area contributed by atoms with E-state index in [9.17, 15) is 14.4 Å². The molecular weight excluding hydrogens is 590 g/mol. The summed E-state index contributed by atoms with van der Waals surface area (Å²) in [6.07, 6.45) is 1.53. The van der Waals surface area contributed by atoms with Crippen LogP contribution in [-0.4, -0.2) is 49.6 Å². The van der Waals surface area contributed by atoms with Crippen molar-refractivity contribution in [1.29, 1.82) is 0 Å². The average molecular weight is 623 g/mol. The fourth-order valence-corrected chi connectivity index (χ4v) is 4.41. The number of halogens is 2. The molecule has 0 atom stereocenters. The molecule has 236 valence electrons. The SMILES string of the molecule is C=CC(=O)Nc1cccc(C)c1Nc1cc2c(N(C)C(=O)OC(C)(C)C)c(C(=O)c3c(F)c(OC)cc(OC)c3F)oc2cn1. The Morgan fingerprint density at radius 3 is 2.29 bits per heavy atom. The number of methoxy groups -OCH3 is 2. The molecule has 45 heavy (non-hydrogen) atoms. The van der Waals surface area contributed by atoms with Gasteiger partial charge in [0.1, 0.15) is 22.7 Å². The predicted molar refractivity (Wildman–Crippen MR) is 165 cm³/mol. The predicted octanol–water partition coefficient (Wildman–Crippen LogP) is 6.90. The number of aryl methyl sites for hydroxylation is 1. The number of carbonyl (C=O) groups excluding carboxylic acids is 3. The summed E-state index contributed by atoms with van der Waals surface area (Å²) < 4.78 is 52.1. The van der Waals surface area contributed by atoms with Crippen LogP contribution in [-0.2, 0) is 9.53 Å². The van der Waals surface area contributed by atoms with E-state index in [1.165, 1.54) is 19.3 Å². The minimum atomic E-state index is -1.29. The zero-order valence-electron chi connectivity index (χ0n) is 25.8. The Balaban J connectivity index is 1.92. The molecule has 2 N–H and O–H groups in total. The lowest BCUT2D eigenvalue weighted by molar-refractivity contribution is -0.111. The maximum Gasteiger partial charge on any atom is 0.414 e. The van der Waals surface area contributed by atoms with Gasteiger partial charge < -0.3 is 29.3 Å². The van der Waals surface area contributed by atoms with Gasteiger partial charge in [0.25, 0.3) is 0 Å². The highest BCUT2D eigenvalue weighted by Crippen LogP contribution is 2.40. The van der Waals surface area contributed by atoms with Crippen molar-refractivity contribution >= 4 is 51.6 Å². The van der Waals surface area contributed by atoms with Crippen LogP contribution in [0.5, 0.6) is 11.5 Å². The molecule has 0 spiro atoms. The van der Waals surface area contributed by atoms with E-state index in [0.717, 1.165) is 36.8 Å². The van der Waals surface area contributed by atoms with Crippen molar-refractivity contribution < 1.29 is 41.8 Å². The number of rotatable bonds is 9. The monoisotopic (exact) mass is 622 g/mol. The normalized spacial score (nSPS) is 11.1. The number of benzene rings is 2. The number of anilines is 4. The summed E-state index contributed by atoms with van der Waals surface area (Å²) >= 11 is 0. The Morgan fingerprint density at radius 2 is 1.71 bits per heavy atom. The number of hydrogen-bond acceptors (Lipinski definition) is 9. The highest BCUT2D eigenvalue weighted by molar-refractivity contribution is 6.18. The number of carbonyl (C=O) groups is 3. The molecule has 0 unspecified atom stereocenters. The maximum absolute atomic E-state index is 15.4. The standard InChI is InChI=1S/C32H32F2N4O7/c1-9-23(39)36-18-12-10-11-16(2)27(18)37-22-13-17-21(15-35-22)44-30(28(17)38(6)31(41)45-32(3,4)5)29(40)24-25(33)19(42-7)14-20(43-8)26(24)34/h9-15H,1H2,2-8H3,(H,35,37)(H,36,39). The molecular formula is C32H32F2N4O7. The first-order valence-corrected chi connectivity index (χ1v) is 13.5. The first-order valence-electron chi connectivity index (χ1n) is 13.5. The molecule has 0 fully saturated rings. The molecule has 0 aliphatic carbocycles. The van der Waals surface area contributed by atoms with Crippen molar-refractivity contribution in [2.45, 2.75) is 33.3 Å². The largest absolute Gasteiger partial charge is 0.494 e. The fraction of sp³-hybridized carbons (Fsp3) is 0.250. The van der Waals surface area contributed by atoms with Gasteiger partial charge in [-0.05, 0) is 51.5 Å². The molecule has 2 aromatic carbocycles. The second-order valence-corrected chi connectivity index (χ2v) is 10.8. The van der Waals surface area contributed by atoms with Crippen LogP contribution in [0, 0.1) is 18.6 Å². The number of para-hydroxylation sites is 1. The van der Waals surface area contributed by atoms with Crippen LogP contribution in [0.15, 0.2) is 53.6 Å². The second kappa shape index (κ2) is 12.6. The number of nitrogens with zero attached hydrogens (tertiary/aromatic N) is 2. The number of nitrogens with one attached hydrogen (secondary N) is 2. The number of hydrogen-bond donors (Lipinski definition) is 2. The Morgan fingerprint density at radius 1 is 1.07 bits per heavy atom. The van der Waals surface area contributed by atoms with Crippen molar-refractivity contribution in [3.05, 3.63) is 77.7 Å². The summed E-state index contributed by atoms with van der Waals surface area (Å²) in [5, 5.41) is 6.05. The van der Waals surface area contributed by atoms with Gasteiger partial charge in [-0.15, -0.1) is 0 Å². The van der Waals surface area contributed by atoms with Crippen LogP contribution in [0.25, 0.3) is 11.0 Å². The van der Waals surface area contributed by atoms with E-state index < -0.39 is 57.8 Å². The summed E-state index contributed by atoms with van der Waals surface area (Å²) in [5.74, 6) is -5.47. The molecule has 0 bridgehead atoms. The minimum Gasteiger partial charge on any atom is -0.494 e. The smallest absolute Gasteiger partial charge is 0.414 e. The topological polar surface area (TPSA) is 132 Å². The van der Waals surface area contributed by atoms with Crippen molar-refractivity contribution in [3.8, 4) is 11.5 Å². The quantitative estimate of drug-likeness (QED) is 0.151. The summed E-state index contributed by atoms with van der Waals surface area (Å²) in [4.78, 5) is 44.5. The van der Waals surface area contributed by atoms with E-state index in [2.05, 4.69) is 22.2 Å². The van der Waals surface area contributed by atoms with E-state index in [1.807, 2.05) is 13.0 Å². The van der Waals surface area contributed by atoms with Gasteiger partial charge in [0.05, 0.1) is 37.2 Å². The van der Waals surface area contributed by atoms with Gasteiger partial charge in [-0.2, -0.15) is 0 Å². The zero-order chi connectivity index (χ0) is 33.2. The highest BCUT2D eigenvalue weighted by Gasteiger charge is 2.34. The summed E-state index contributed by atoms with van der Waals surface area (Å²) in [5.41, 5.74) is -0.347. The van der Waals surface area contributed by atoms with Crippen LogP contribution in [0.2, 0.25) is 0 Å². The first kappa shape index (κ1) is 32.5. The number of pyridine rings is 1. The average Bonchev–Trinajstić information content (AvgIpc) is 3.36. The molecule has 0 aliphatic heterocycles. The lowest BCUT2D eigenvalue weighted by Crippen LogP contribution is -2.34. The first-order chi connectivity index (χ1) is 21.2. The minimum absolute atomic E-state index is 0.0231. The molecule has 0 aliphatic rings. The van der Waals surface area contributed by atoms with Crippen molar-refractivity contribution in [1.82, 2.24) is 4.98 Å². The van der Waals surface area contributed by atoms with E-state index >= 15 is 8.78 Å². The Labute approximate surface area is 257 Å². The Kier molecular flexibility index (Phi) is 9.12. The van der Waals surface area contributed by atoms with Crippen LogP contribution >= 0.6 is 0 Å². The van der Waals surface area contributed by atoms with Gasteiger partial charge in [-0.25, -0.2) is 18.6 Å². The third kappa shape index (κ3) is 6.56. The number of furan rings is 1. The van der Waals surface area contributed by atoms with E-state index in [-0.39, 0.29) is 22.5 Å². The van der Waals surface area contributed by atoms with Crippen LogP contribution in [0.4, 0.5) is 36.5 Å². The summed E-state index contributed by atoms with van der Waals surface area (Å²) in [6.45, 7) is 10.2. The Bertz CT molecular complexity index is 1800. The molecule has 0 radical (unpaired) electrons. The lowest BCUT2D eigenvalue weighted by Gasteiger charge is -2.24. The zero-order valence-corrected chi connectivity index (χ0v) is 25.8. The number of ether oxygens (including phenoxy) is 3. The van der Waals surface area contributed by atoms with Crippen molar-refractivity contribution in [3.63, 3.8) is 0 Å². The lowest BCUT2D eigenvalue weighted by atomic mass is 10.0. The molecule has 13 heteroatoms. The third-order valence-electron chi connectivity index (χ3n) is 6.53. The van der Waals surface area contributed by atoms with Crippen LogP contribution in [0.3, 0.4) is 0 Å². The van der Waals surface area contributed by atoms with Gasteiger partial charge in [0.2, 0.25) is 11.7 Å².